The van der Waals surface area contributed by atoms with Crippen LogP contribution in [0.1, 0.15) is 20.9 Å². The molecule has 134 valence electrons. The second-order valence-electron chi connectivity index (χ2n) is 5.83. The lowest BCUT2D eigenvalue weighted by Gasteiger charge is -2.05. The van der Waals surface area contributed by atoms with Crippen LogP contribution in [0.4, 0.5) is 4.39 Å². The molecule has 0 aliphatic carbocycles. The van der Waals surface area contributed by atoms with Crippen molar-refractivity contribution in [3.8, 4) is 11.3 Å². The van der Waals surface area contributed by atoms with Crippen LogP contribution in [0.15, 0.2) is 71.3 Å². The van der Waals surface area contributed by atoms with Gasteiger partial charge in [0.05, 0.1) is 5.56 Å². The first-order valence-electron chi connectivity index (χ1n) is 8.14. The first-order chi connectivity index (χ1) is 13.1. The van der Waals surface area contributed by atoms with Gasteiger partial charge in [-0.15, -0.1) is 0 Å². The molecule has 27 heavy (non-hydrogen) atoms. The summed E-state index contributed by atoms with van der Waals surface area (Å²) in [6.45, 7) is 0. The number of amides is 2. The van der Waals surface area contributed by atoms with Crippen molar-refractivity contribution in [3.63, 3.8) is 0 Å². The molecule has 2 heterocycles. The van der Waals surface area contributed by atoms with Gasteiger partial charge in [-0.1, -0.05) is 18.2 Å². The maximum absolute atomic E-state index is 13.0. The summed E-state index contributed by atoms with van der Waals surface area (Å²) in [5, 5.41) is 0.751. The molecule has 0 aliphatic rings. The van der Waals surface area contributed by atoms with E-state index in [9.17, 15) is 14.0 Å². The molecule has 6 nitrogen and oxygen atoms in total. The quantitative estimate of drug-likeness (QED) is 0.486. The van der Waals surface area contributed by atoms with Crippen molar-refractivity contribution < 1.29 is 18.4 Å². The number of aromatic amines is 1. The number of carbonyl (C=O) groups is 2. The maximum Gasteiger partial charge on any atom is 0.305 e. The maximum atomic E-state index is 13.0. The lowest BCUT2D eigenvalue weighted by Crippen LogP contribution is -2.41. The minimum atomic E-state index is -0.600. The molecule has 0 spiro atoms. The Kier molecular flexibility index (Phi) is 4.18. The number of furan rings is 1. The first kappa shape index (κ1) is 16.6. The smallest absolute Gasteiger partial charge is 0.305 e. The van der Waals surface area contributed by atoms with Gasteiger partial charge < -0.3 is 9.40 Å². The summed E-state index contributed by atoms with van der Waals surface area (Å²) in [4.78, 5) is 27.5. The predicted molar refractivity (Wildman–Crippen MR) is 97.3 cm³/mol. The Morgan fingerprint density at radius 2 is 1.63 bits per heavy atom. The first-order valence-corrected chi connectivity index (χ1v) is 8.14. The lowest BCUT2D eigenvalue weighted by molar-refractivity contribution is 0.0832. The molecular formula is C20H14FN3O3. The van der Waals surface area contributed by atoms with Crippen molar-refractivity contribution >= 4 is 22.7 Å². The summed E-state index contributed by atoms with van der Waals surface area (Å²) in [6, 6.07) is 16.1. The summed E-state index contributed by atoms with van der Waals surface area (Å²) in [5.41, 5.74) is 6.56. The third kappa shape index (κ3) is 3.30. The molecule has 2 amide bonds. The van der Waals surface area contributed by atoms with Crippen LogP contribution in [0.25, 0.3) is 22.2 Å². The van der Waals surface area contributed by atoms with Crippen LogP contribution in [-0.4, -0.2) is 16.8 Å². The Hall–Kier alpha value is -3.87. The van der Waals surface area contributed by atoms with Crippen molar-refractivity contribution in [2.75, 3.05) is 0 Å². The molecule has 0 fully saturated rings. The number of hydrogen-bond acceptors (Lipinski definition) is 3. The van der Waals surface area contributed by atoms with Gasteiger partial charge in [-0.3, -0.25) is 20.4 Å². The highest BCUT2D eigenvalue weighted by Crippen LogP contribution is 2.22. The molecule has 4 aromatic rings. The molecule has 0 atom stereocenters. The van der Waals surface area contributed by atoms with Crippen LogP contribution in [0, 0.1) is 5.82 Å². The largest absolute Gasteiger partial charge is 0.451 e. The normalized spacial score (nSPS) is 10.7. The van der Waals surface area contributed by atoms with Crippen LogP contribution in [-0.2, 0) is 0 Å². The van der Waals surface area contributed by atoms with Gasteiger partial charge >= 0.3 is 5.91 Å². The zero-order valence-electron chi connectivity index (χ0n) is 14.0. The fourth-order valence-electron chi connectivity index (χ4n) is 2.73. The monoisotopic (exact) mass is 363 g/mol. The van der Waals surface area contributed by atoms with Crippen LogP contribution in [0.2, 0.25) is 0 Å². The van der Waals surface area contributed by atoms with Crippen LogP contribution in [0.5, 0.6) is 0 Å². The Morgan fingerprint density at radius 1 is 0.889 bits per heavy atom. The number of hydrogen-bond donors (Lipinski definition) is 3. The number of aromatic nitrogens is 1. The second kappa shape index (κ2) is 6.80. The minimum absolute atomic E-state index is 0.0218. The molecular weight excluding hydrogens is 349 g/mol. The van der Waals surface area contributed by atoms with Crippen molar-refractivity contribution in [1.29, 1.82) is 0 Å². The van der Waals surface area contributed by atoms with Crippen molar-refractivity contribution in [2.45, 2.75) is 0 Å². The molecule has 4 rings (SSSR count). The Bertz CT molecular complexity index is 1130. The van der Waals surface area contributed by atoms with Gasteiger partial charge in [0.15, 0.2) is 5.76 Å². The minimum Gasteiger partial charge on any atom is -0.451 e. The summed E-state index contributed by atoms with van der Waals surface area (Å²) < 4.78 is 18.5. The number of nitrogens with one attached hydrogen (secondary N) is 3. The third-order valence-corrected chi connectivity index (χ3v) is 4.08. The van der Waals surface area contributed by atoms with E-state index in [1.165, 1.54) is 18.2 Å². The molecule has 0 unspecified atom stereocenters. The van der Waals surface area contributed by atoms with E-state index >= 15 is 0 Å². The van der Waals surface area contributed by atoms with Gasteiger partial charge in [-0.05, 0) is 42.5 Å². The number of H-pyrrole nitrogens is 1. The number of hydrazine groups is 1. The van der Waals surface area contributed by atoms with E-state index in [0.717, 1.165) is 10.9 Å². The fourth-order valence-corrected chi connectivity index (χ4v) is 2.73. The zero-order valence-corrected chi connectivity index (χ0v) is 14.0. The molecule has 7 heteroatoms. The molecule has 0 saturated carbocycles. The van der Waals surface area contributed by atoms with Crippen molar-refractivity contribution in [2.24, 2.45) is 0 Å². The average Bonchev–Trinajstić information content (AvgIpc) is 3.34. The van der Waals surface area contributed by atoms with E-state index in [-0.39, 0.29) is 11.6 Å². The van der Waals surface area contributed by atoms with Gasteiger partial charge in [-0.25, -0.2) is 4.39 Å². The summed E-state index contributed by atoms with van der Waals surface area (Å²) >= 11 is 0. The highest BCUT2D eigenvalue weighted by molar-refractivity contribution is 6.07. The van der Waals surface area contributed by atoms with Gasteiger partial charge in [0.1, 0.15) is 11.6 Å². The van der Waals surface area contributed by atoms with Gasteiger partial charge in [0, 0.05) is 22.7 Å². The number of rotatable bonds is 3. The van der Waals surface area contributed by atoms with E-state index in [2.05, 4.69) is 15.8 Å². The third-order valence-electron chi connectivity index (χ3n) is 4.08. The summed E-state index contributed by atoms with van der Waals surface area (Å²) in [7, 11) is 0. The van der Waals surface area contributed by atoms with Gasteiger partial charge in [0.2, 0.25) is 0 Å². The zero-order chi connectivity index (χ0) is 18.8. The Labute approximate surface area is 153 Å². The molecule has 2 aromatic carbocycles. The number of fused-ring (bicyclic) bond motifs is 1. The lowest BCUT2D eigenvalue weighted by atomic mass is 10.2. The number of benzene rings is 2. The molecule has 0 saturated heterocycles. The fraction of sp³-hybridized carbons (Fsp3) is 0. The molecule has 0 bridgehead atoms. The number of halogens is 1. The second-order valence-corrected chi connectivity index (χ2v) is 5.83. The van der Waals surface area contributed by atoms with E-state index in [0.29, 0.717) is 16.9 Å². The van der Waals surface area contributed by atoms with E-state index in [1.807, 2.05) is 24.3 Å². The summed E-state index contributed by atoms with van der Waals surface area (Å²) in [6.07, 6.45) is 1.58. The molecule has 2 aromatic heterocycles. The summed E-state index contributed by atoms with van der Waals surface area (Å²) in [5.74, 6) is -0.970. The Morgan fingerprint density at radius 3 is 2.44 bits per heavy atom. The molecule has 3 N–H and O–H groups in total. The van der Waals surface area contributed by atoms with Crippen LogP contribution >= 0.6 is 0 Å². The van der Waals surface area contributed by atoms with Crippen molar-refractivity contribution in [3.05, 3.63) is 84.0 Å². The highest BCUT2D eigenvalue weighted by Gasteiger charge is 2.15. The van der Waals surface area contributed by atoms with Crippen LogP contribution in [0.3, 0.4) is 0 Å². The SMILES string of the molecule is O=C(NNC(=O)c1c[nH]c2ccccc12)c1ccc(-c2ccc(F)cc2)o1. The predicted octanol–water partition coefficient (Wildman–Crippen LogP) is 3.64. The van der Waals surface area contributed by atoms with Gasteiger partial charge in [0.25, 0.3) is 5.91 Å². The highest BCUT2D eigenvalue weighted by atomic mass is 19.1. The Balaban J connectivity index is 1.44. The van der Waals surface area contributed by atoms with Gasteiger partial charge in [-0.2, -0.15) is 0 Å². The molecule has 0 radical (unpaired) electrons. The average molecular weight is 363 g/mol. The van der Waals surface area contributed by atoms with Crippen molar-refractivity contribution in [1.82, 2.24) is 15.8 Å². The number of carbonyl (C=O) groups excluding carboxylic acids is 2. The molecule has 0 aliphatic heterocycles. The number of para-hydroxylation sites is 1. The van der Waals surface area contributed by atoms with E-state index < -0.39 is 11.8 Å². The standard InChI is InChI=1S/C20H14FN3O3/c21-13-7-5-12(6-8-13)17-9-10-18(27-17)20(26)24-23-19(25)15-11-22-16-4-2-1-3-14(15)16/h1-11,22H,(H,23,25)(H,24,26). The topological polar surface area (TPSA) is 87.1 Å². The van der Waals surface area contributed by atoms with Crippen LogP contribution < -0.4 is 10.9 Å². The van der Waals surface area contributed by atoms with E-state index in [1.54, 1.807) is 24.4 Å². The van der Waals surface area contributed by atoms with E-state index in [4.69, 9.17) is 4.42 Å².